The lowest BCUT2D eigenvalue weighted by Crippen LogP contribution is -2.42. The summed E-state index contributed by atoms with van der Waals surface area (Å²) in [7, 11) is 0. The van der Waals surface area contributed by atoms with E-state index in [4.69, 9.17) is 0 Å². The van der Waals surface area contributed by atoms with E-state index in [0.29, 0.717) is 11.5 Å². The van der Waals surface area contributed by atoms with Crippen LogP contribution in [0.5, 0.6) is 0 Å². The summed E-state index contributed by atoms with van der Waals surface area (Å²) in [6, 6.07) is 11.6. The molecule has 1 atom stereocenters. The second kappa shape index (κ2) is 6.53. The Morgan fingerprint density at radius 1 is 1.16 bits per heavy atom. The molecule has 0 heterocycles. The monoisotopic (exact) mass is 260 g/mol. The molecule has 1 aliphatic rings. The SMILES string of the molecule is CCN(CC)CC(C)NCC1(c2ccccc2)CC1. The summed E-state index contributed by atoms with van der Waals surface area (Å²) in [6.45, 7) is 11.3. The van der Waals surface area contributed by atoms with Gasteiger partial charge in [-0.05, 0) is 38.4 Å². The normalized spacial score (nSPS) is 18.5. The van der Waals surface area contributed by atoms with Crippen LogP contribution in [0.3, 0.4) is 0 Å². The molecule has 0 bridgehead atoms. The second-order valence-electron chi connectivity index (χ2n) is 5.91. The van der Waals surface area contributed by atoms with Crippen molar-refractivity contribution in [1.82, 2.24) is 10.2 Å². The average Bonchev–Trinajstić information content (AvgIpc) is 3.25. The highest BCUT2D eigenvalue weighted by Gasteiger charge is 2.43. The highest BCUT2D eigenvalue weighted by molar-refractivity contribution is 5.31. The van der Waals surface area contributed by atoms with Gasteiger partial charge in [0.15, 0.2) is 0 Å². The van der Waals surface area contributed by atoms with Crippen molar-refractivity contribution in [1.29, 1.82) is 0 Å². The maximum Gasteiger partial charge on any atom is 0.0167 e. The van der Waals surface area contributed by atoms with Gasteiger partial charge in [-0.1, -0.05) is 44.2 Å². The molecule has 2 rings (SSSR count). The summed E-state index contributed by atoms with van der Waals surface area (Å²) in [5.74, 6) is 0. The predicted octanol–water partition coefficient (Wildman–Crippen LogP) is 3.04. The van der Waals surface area contributed by atoms with Crippen molar-refractivity contribution in [2.45, 2.75) is 45.1 Å². The molecule has 0 aliphatic heterocycles. The lowest BCUT2D eigenvalue weighted by molar-refractivity contribution is 0.269. The Kier molecular flexibility index (Phi) is 5.00. The Bertz CT molecular complexity index is 366. The van der Waals surface area contributed by atoms with Gasteiger partial charge in [-0.2, -0.15) is 0 Å². The first kappa shape index (κ1) is 14.5. The maximum absolute atomic E-state index is 3.74. The van der Waals surface area contributed by atoms with E-state index in [9.17, 15) is 0 Å². The van der Waals surface area contributed by atoms with Gasteiger partial charge in [0.1, 0.15) is 0 Å². The van der Waals surface area contributed by atoms with Gasteiger partial charge in [0, 0.05) is 24.5 Å². The van der Waals surface area contributed by atoms with Crippen molar-refractivity contribution < 1.29 is 0 Å². The molecular weight excluding hydrogens is 232 g/mol. The molecular formula is C17H28N2. The molecule has 1 N–H and O–H groups in total. The van der Waals surface area contributed by atoms with Crippen LogP contribution in [0.25, 0.3) is 0 Å². The zero-order valence-electron chi connectivity index (χ0n) is 12.7. The van der Waals surface area contributed by atoms with Crippen molar-refractivity contribution >= 4 is 0 Å². The van der Waals surface area contributed by atoms with Crippen LogP contribution in [-0.2, 0) is 5.41 Å². The number of hydrogen-bond acceptors (Lipinski definition) is 2. The Morgan fingerprint density at radius 3 is 2.32 bits per heavy atom. The molecule has 0 spiro atoms. The molecule has 1 aliphatic carbocycles. The number of benzene rings is 1. The predicted molar refractivity (Wildman–Crippen MR) is 82.6 cm³/mol. The van der Waals surface area contributed by atoms with Crippen LogP contribution in [0, 0.1) is 0 Å². The second-order valence-corrected chi connectivity index (χ2v) is 5.91. The third-order valence-electron chi connectivity index (χ3n) is 4.46. The quantitative estimate of drug-likeness (QED) is 0.773. The van der Waals surface area contributed by atoms with E-state index in [1.165, 1.54) is 18.4 Å². The van der Waals surface area contributed by atoms with E-state index >= 15 is 0 Å². The summed E-state index contributed by atoms with van der Waals surface area (Å²) < 4.78 is 0. The van der Waals surface area contributed by atoms with Crippen molar-refractivity contribution in [3.63, 3.8) is 0 Å². The molecule has 1 saturated carbocycles. The lowest BCUT2D eigenvalue weighted by atomic mass is 9.96. The van der Waals surface area contributed by atoms with Crippen LogP contribution in [0.15, 0.2) is 30.3 Å². The molecule has 0 aromatic heterocycles. The largest absolute Gasteiger partial charge is 0.312 e. The van der Waals surface area contributed by atoms with Gasteiger partial charge in [-0.3, -0.25) is 0 Å². The van der Waals surface area contributed by atoms with Crippen LogP contribution in [0.1, 0.15) is 39.2 Å². The van der Waals surface area contributed by atoms with Crippen LogP contribution >= 0.6 is 0 Å². The van der Waals surface area contributed by atoms with E-state index in [0.717, 1.165) is 26.2 Å². The zero-order valence-corrected chi connectivity index (χ0v) is 12.7. The standard InChI is InChI=1S/C17H28N2/c1-4-19(5-2)13-15(3)18-14-17(11-12-17)16-9-7-6-8-10-16/h6-10,15,18H,4-5,11-14H2,1-3H3. The minimum Gasteiger partial charge on any atom is -0.312 e. The van der Waals surface area contributed by atoms with Crippen molar-refractivity contribution in [3.05, 3.63) is 35.9 Å². The van der Waals surface area contributed by atoms with Crippen LogP contribution < -0.4 is 5.32 Å². The van der Waals surface area contributed by atoms with E-state index in [1.807, 2.05) is 0 Å². The first-order valence-corrected chi connectivity index (χ1v) is 7.71. The molecule has 1 fully saturated rings. The fourth-order valence-corrected chi connectivity index (χ4v) is 2.81. The third kappa shape index (κ3) is 3.80. The van der Waals surface area contributed by atoms with Crippen LogP contribution in [0.4, 0.5) is 0 Å². The molecule has 2 nitrogen and oxygen atoms in total. The maximum atomic E-state index is 3.74. The number of rotatable bonds is 8. The highest BCUT2D eigenvalue weighted by atomic mass is 15.1. The fourth-order valence-electron chi connectivity index (χ4n) is 2.81. The summed E-state index contributed by atoms with van der Waals surface area (Å²) >= 11 is 0. The Balaban J connectivity index is 1.82. The number of nitrogens with one attached hydrogen (secondary N) is 1. The first-order valence-electron chi connectivity index (χ1n) is 7.71. The molecule has 1 unspecified atom stereocenters. The number of hydrogen-bond donors (Lipinski definition) is 1. The van der Waals surface area contributed by atoms with Crippen molar-refractivity contribution in [2.24, 2.45) is 0 Å². The topological polar surface area (TPSA) is 15.3 Å². The van der Waals surface area contributed by atoms with Crippen LogP contribution in [0.2, 0.25) is 0 Å². The van der Waals surface area contributed by atoms with Gasteiger partial charge in [-0.25, -0.2) is 0 Å². The van der Waals surface area contributed by atoms with Gasteiger partial charge < -0.3 is 10.2 Å². The Hall–Kier alpha value is -0.860. The van der Waals surface area contributed by atoms with E-state index in [1.54, 1.807) is 0 Å². The summed E-state index contributed by atoms with van der Waals surface area (Å²) in [5, 5.41) is 3.74. The van der Waals surface area contributed by atoms with E-state index in [-0.39, 0.29) is 0 Å². The van der Waals surface area contributed by atoms with Crippen LogP contribution in [-0.4, -0.2) is 37.1 Å². The Morgan fingerprint density at radius 2 is 1.79 bits per heavy atom. The smallest absolute Gasteiger partial charge is 0.0167 e. The first-order chi connectivity index (χ1) is 9.20. The van der Waals surface area contributed by atoms with Crippen molar-refractivity contribution in [2.75, 3.05) is 26.2 Å². The third-order valence-corrected chi connectivity index (χ3v) is 4.46. The van der Waals surface area contributed by atoms with E-state index in [2.05, 4.69) is 61.3 Å². The minimum atomic E-state index is 0.429. The zero-order chi connectivity index (χ0) is 13.7. The molecule has 106 valence electrons. The van der Waals surface area contributed by atoms with E-state index < -0.39 is 0 Å². The molecule has 0 saturated heterocycles. The molecule has 1 aromatic carbocycles. The molecule has 2 heteroatoms. The minimum absolute atomic E-state index is 0.429. The van der Waals surface area contributed by atoms with Gasteiger partial charge >= 0.3 is 0 Å². The lowest BCUT2D eigenvalue weighted by Gasteiger charge is -2.25. The summed E-state index contributed by atoms with van der Waals surface area (Å²) in [6.07, 6.45) is 2.67. The van der Waals surface area contributed by atoms with Gasteiger partial charge in [0.25, 0.3) is 0 Å². The molecule has 0 amide bonds. The highest BCUT2D eigenvalue weighted by Crippen LogP contribution is 2.47. The van der Waals surface area contributed by atoms with Gasteiger partial charge in [0.05, 0.1) is 0 Å². The number of nitrogens with zero attached hydrogens (tertiary/aromatic N) is 1. The summed E-state index contributed by atoms with van der Waals surface area (Å²) in [4.78, 5) is 2.49. The Labute approximate surface area is 118 Å². The molecule has 19 heavy (non-hydrogen) atoms. The van der Waals surface area contributed by atoms with Crippen molar-refractivity contribution in [3.8, 4) is 0 Å². The average molecular weight is 260 g/mol. The number of likely N-dealkylation sites (N-methyl/N-ethyl adjacent to an activating group) is 1. The van der Waals surface area contributed by atoms with Gasteiger partial charge in [0.2, 0.25) is 0 Å². The molecule has 1 aromatic rings. The fraction of sp³-hybridized carbons (Fsp3) is 0.647. The van der Waals surface area contributed by atoms with Gasteiger partial charge in [-0.15, -0.1) is 0 Å². The molecule has 0 radical (unpaired) electrons. The summed E-state index contributed by atoms with van der Waals surface area (Å²) in [5.41, 5.74) is 1.94.